The topological polar surface area (TPSA) is 122 Å². The van der Waals surface area contributed by atoms with Crippen LogP contribution < -0.4 is 10.6 Å². The lowest BCUT2D eigenvalue weighted by atomic mass is 10.2. The van der Waals surface area contributed by atoms with Gasteiger partial charge in [0.15, 0.2) is 5.82 Å². The van der Waals surface area contributed by atoms with E-state index >= 15 is 0 Å². The van der Waals surface area contributed by atoms with E-state index in [1.54, 1.807) is 44.2 Å². The van der Waals surface area contributed by atoms with Gasteiger partial charge >= 0.3 is 5.97 Å². The number of amides is 2. The molecule has 0 radical (unpaired) electrons. The predicted octanol–water partition coefficient (Wildman–Crippen LogP) is 3.07. The highest BCUT2D eigenvalue weighted by molar-refractivity contribution is 8.00. The molecule has 0 aliphatic carbocycles. The first-order chi connectivity index (χ1) is 12.7. The number of anilines is 2. The highest BCUT2D eigenvalue weighted by Gasteiger charge is 2.16. The Bertz CT molecular complexity index is 873. The molecule has 2 rings (SSSR count). The first kappa shape index (κ1) is 20.2. The van der Waals surface area contributed by atoms with Crippen LogP contribution in [-0.2, 0) is 14.4 Å². The summed E-state index contributed by atoms with van der Waals surface area (Å²) in [6.07, 6.45) is 1.02. The quantitative estimate of drug-likeness (QED) is 0.491. The molecule has 1 atom stereocenters. The lowest BCUT2D eigenvalue weighted by molar-refractivity contribution is -0.132. The third kappa shape index (κ3) is 6.30. The third-order valence-electron chi connectivity index (χ3n) is 3.37. The van der Waals surface area contributed by atoms with Crippen LogP contribution in [-0.4, -0.2) is 33.3 Å². The second kappa shape index (κ2) is 9.04. The lowest BCUT2D eigenvalue weighted by Gasteiger charge is -2.11. The van der Waals surface area contributed by atoms with Gasteiger partial charge in [0.25, 0.3) is 0 Å². The molecule has 8 nitrogen and oxygen atoms in total. The molecule has 1 heterocycles. The van der Waals surface area contributed by atoms with Crippen molar-refractivity contribution in [2.45, 2.75) is 30.9 Å². The van der Waals surface area contributed by atoms with Crippen molar-refractivity contribution in [3.8, 4) is 0 Å². The molecule has 0 spiro atoms. The van der Waals surface area contributed by atoms with Crippen LogP contribution in [0.2, 0.25) is 0 Å². The van der Waals surface area contributed by atoms with Gasteiger partial charge in [-0.25, -0.2) is 4.79 Å². The largest absolute Gasteiger partial charge is 0.478 e. The van der Waals surface area contributed by atoms with Crippen LogP contribution in [0.4, 0.5) is 11.5 Å². The zero-order valence-corrected chi connectivity index (χ0v) is 15.8. The molecule has 0 aliphatic rings. The molecule has 2 aromatic rings. The Balaban J connectivity index is 1.90. The minimum atomic E-state index is -1.15. The van der Waals surface area contributed by atoms with Gasteiger partial charge in [-0.05, 0) is 45.0 Å². The number of nitrogens with zero attached hydrogens (tertiary/aromatic N) is 1. The zero-order valence-electron chi connectivity index (χ0n) is 15.0. The summed E-state index contributed by atoms with van der Waals surface area (Å²) in [4.78, 5) is 35.5. The van der Waals surface area contributed by atoms with Gasteiger partial charge in [-0.1, -0.05) is 5.16 Å². The first-order valence-electron chi connectivity index (χ1n) is 7.98. The van der Waals surface area contributed by atoms with Crippen LogP contribution in [0.1, 0.15) is 19.6 Å². The van der Waals surface area contributed by atoms with Crippen LogP contribution in [0.15, 0.2) is 51.4 Å². The number of aromatic nitrogens is 1. The number of thioether (sulfide) groups is 1. The Morgan fingerprint density at radius 3 is 2.44 bits per heavy atom. The Hall–Kier alpha value is -3.07. The second-order valence-corrected chi connectivity index (χ2v) is 7.13. The van der Waals surface area contributed by atoms with Crippen molar-refractivity contribution in [3.63, 3.8) is 0 Å². The van der Waals surface area contributed by atoms with Gasteiger partial charge in [0.05, 0.1) is 5.25 Å². The molecule has 142 valence electrons. The number of carboxylic acids is 1. The van der Waals surface area contributed by atoms with Crippen LogP contribution >= 0.6 is 11.8 Å². The molecule has 1 aromatic carbocycles. The normalized spacial score (nSPS) is 12.3. The Morgan fingerprint density at radius 2 is 1.89 bits per heavy atom. The number of hydrogen-bond acceptors (Lipinski definition) is 6. The van der Waals surface area contributed by atoms with Gasteiger partial charge < -0.3 is 20.3 Å². The van der Waals surface area contributed by atoms with E-state index in [4.69, 9.17) is 9.63 Å². The lowest BCUT2D eigenvalue weighted by Crippen LogP contribution is -2.22. The van der Waals surface area contributed by atoms with Crippen molar-refractivity contribution < 1.29 is 24.0 Å². The maximum absolute atomic E-state index is 12.2. The van der Waals surface area contributed by atoms with Crippen LogP contribution in [0.3, 0.4) is 0 Å². The van der Waals surface area contributed by atoms with E-state index < -0.39 is 11.9 Å². The second-order valence-electron chi connectivity index (χ2n) is 5.72. The van der Waals surface area contributed by atoms with E-state index in [1.807, 2.05) is 0 Å². The van der Waals surface area contributed by atoms with Gasteiger partial charge in [-0.2, -0.15) is 0 Å². The summed E-state index contributed by atoms with van der Waals surface area (Å²) >= 11 is 1.35. The number of nitrogens with one attached hydrogen (secondary N) is 2. The summed E-state index contributed by atoms with van der Waals surface area (Å²) in [5, 5.41) is 17.4. The minimum absolute atomic E-state index is 0.0539. The fourth-order valence-electron chi connectivity index (χ4n) is 1.96. The maximum Gasteiger partial charge on any atom is 0.331 e. The number of carbonyl (C=O) groups excluding carboxylic acids is 2. The number of hydrogen-bond donors (Lipinski definition) is 3. The number of rotatable bonds is 7. The Morgan fingerprint density at radius 1 is 1.22 bits per heavy atom. The molecule has 0 saturated heterocycles. The van der Waals surface area contributed by atoms with E-state index in [-0.39, 0.29) is 16.7 Å². The number of benzene rings is 1. The molecule has 0 bridgehead atoms. The van der Waals surface area contributed by atoms with Gasteiger partial charge in [-0.15, -0.1) is 11.8 Å². The highest BCUT2D eigenvalue weighted by Crippen LogP contribution is 2.25. The number of aryl methyl sites for hydroxylation is 1. The first-order valence-corrected chi connectivity index (χ1v) is 8.86. The molecule has 1 aromatic heterocycles. The van der Waals surface area contributed by atoms with Crippen molar-refractivity contribution in [2.24, 2.45) is 0 Å². The SMILES string of the molecule is C/C(=C/C(=O)Nc1ccc(S[C@@H](C)C(=O)Nc2cc(C)on2)cc1)C(=O)O. The predicted molar refractivity (Wildman–Crippen MR) is 102 cm³/mol. The van der Waals surface area contributed by atoms with Crippen molar-refractivity contribution in [2.75, 3.05) is 10.6 Å². The summed E-state index contributed by atoms with van der Waals surface area (Å²) in [5.41, 5.74) is 0.468. The van der Waals surface area contributed by atoms with E-state index in [9.17, 15) is 14.4 Å². The van der Waals surface area contributed by atoms with Gasteiger partial charge in [0, 0.05) is 28.3 Å². The van der Waals surface area contributed by atoms with Gasteiger partial charge in [0.1, 0.15) is 5.76 Å². The van der Waals surface area contributed by atoms with Crippen molar-refractivity contribution >= 4 is 41.1 Å². The Labute approximate surface area is 160 Å². The van der Waals surface area contributed by atoms with E-state index in [0.29, 0.717) is 17.3 Å². The molecule has 0 unspecified atom stereocenters. The standard InChI is InChI=1S/C18H19N3O5S/c1-10(18(24)25)8-16(22)19-13-4-6-14(7-5-13)27-12(3)17(23)20-15-9-11(2)26-21-15/h4-9,12H,1-3H3,(H,19,22)(H,24,25)(H,20,21,23)/b10-8-/t12-/m0/s1. The fourth-order valence-corrected chi connectivity index (χ4v) is 2.83. The monoisotopic (exact) mass is 389 g/mol. The number of aliphatic carboxylic acids is 1. The molecule has 2 amide bonds. The van der Waals surface area contributed by atoms with E-state index in [0.717, 1.165) is 11.0 Å². The number of carboxylic acid groups (broad SMARTS) is 1. The molecular weight excluding hydrogens is 370 g/mol. The molecule has 0 fully saturated rings. The number of carbonyl (C=O) groups is 3. The minimum Gasteiger partial charge on any atom is -0.478 e. The molecular formula is C18H19N3O5S. The van der Waals surface area contributed by atoms with Crippen molar-refractivity contribution in [1.82, 2.24) is 5.16 Å². The summed E-state index contributed by atoms with van der Waals surface area (Å²) in [7, 11) is 0. The summed E-state index contributed by atoms with van der Waals surface area (Å²) in [6, 6.07) is 8.51. The highest BCUT2D eigenvalue weighted by atomic mass is 32.2. The van der Waals surface area contributed by atoms with Crippen LogP contribution in [0.25, 0.3) is 0 Å². The van der Waals surface area contributed by atoms with Crippen molar-refractivity contribution in [1.29, 1.82) is 0 Å². The fraction of sp³-hybridized carbons (Fsp3) is 0.222. The molecule has 0 saturated carbocycles. The van der Waals surface area contributed by atoms with Crippen molar-refractivity contribution in [3.05, 3.63) is 47.7 Å². The maximum atomic E-state index is 12.2. The molecule has 27 heavy (non-hydrogen) atoms. The molecule has 0 aliphatic heterocycles. The molecule has 9 heteroatoms. The van der Waals surface area contributed by atoms with E-state index in [2.05, 4.69) is 15.8 Å². The van der Waals surface area contributed by atoms with Gasteiger partial charge in [-0.3, -0.25) is 9.59 Å². The Kier molecular flexibility index (Phi) is 6.78. The zero-order chi connectivity index (χ0) is 20.0. The molecule has 3 N–H and O–H groups in total. The van der Waals surface area contributed by atoms with Gasteiger partial charge in [0.2, 0.25) is 11.8 Å². The average molecular weight is 389 g/mol. The average Bonchev–Trinajstić information content (AvgIpc) is 3.01. The summed E-state index contributed by atoms with van der Waals surface area (Å²) < 4.78 is 4.90. The summed E-state index contributed by atoms with van der Waals surface area (Å²) in [6.45, 7) is 4.84. The third-order valence-corrected chi connectivity index (χ3v) is 4.48. The van der Waals surface area contributed by atoms with Crippen LogP contribution in [0.5, 0.6) is 0 Å². The smallest absolute Gasteiger partial charge is 0.331 e. The van der Waals surface area contributed by atoms with E-state index in [1.165, 1.54) is 18.7 Å². The van der Waals surface area contributed by atoms with Crippen LogP contribution in [0, 0.1) is 6.92 Å². The summed E-state index contributed by atoms with van der Waals surface area (Å²) in [5.74, 6) is -0.903.